The van der Waals surface area contributed by atoms with E-state index in [9.17, 15) is 9.59 Å². The van der Waals surface area contributed by atoms with E-state index in [0.29, 0.717) is 6.54 Å². The molecule has 0 aliphatic carbocycles. The van der Waals surface area contributed by atoms with Gasteiger partial charge in [-0.15, -0.1) is 0 Å². The average molecular weight is 296 g/mol. The standard InChI is InChI=1S/C17H32N2O2/c1-7-13-10-8-9-11-19(13)15(21)14(20)18-17(5,6)12-16(2,3)4/h13H,7-12H2,1-6H3,(H,18,20). The van der Waals surface area contributed by atoms with Crippen molar-refractivity contribution in [3.8, 4) is 0 Å². The van der Waals surface area contributed by atoms with Crippen LogP contribution in [-0.4, -0.2) is 34.8 Å². The van der Waals surface area contributed by atoms with Gasteiger partial charge in [0.1, 0.15) is 0 Å². The Kier molecular flexibility index (Phi) is 5.83. The van der Waals surface area contributed by atoms with Crippen molar-refractivity contribution in [1.82, 2.24) is 10.2 Å². The first-order valence-corrected chi connectivity index (χ1v) is 8.19. The van der Waals surface area contributed by atoms with Gasteiger partial charge in [-0.3, -0.25) is 9.59 Å². The highest BCUT2D eigenvalue weighted by atomic mass is 16.2. The first kappa shape index (κ1) is 18.0. The molecule has 122 valence electrons. The van der Waals surface area contributed by atoms with Crippen LogP contribution in [-0.2, 0) is 9.59 Å². The summed E-state index contributed by atoms with van der Waals surface area (Å²) in [7, 11) is 0. The summed E-state index contributed by atoms with van der Waals surface area (Å²) in [5.41, 5.74) is -0.264. The molecule has 4 heteroatoms. The van der Waals surface area contributed by atoms with Gasteiger partial charge < -0.3 is 10.2 Å². The molecule has 0 aromatic heterocycles. The second-order valence-corrected chi connectivity index (χ2v) is 8.13. The molecule has 1 rings (SSSR count). The van der Waals surface area contributed by atoms with Crippen LogP contribution in [0.2, 0.25) is 0 Å². The number of hydrogen-bond donors (Lipinski definition) is 1. The SMILES string of the molecule is CCC1CCCCN1C(=O)C(=O)NC(C)(C)CC(C)(C)C. The third-order valence-corrected chi connectivity index (χ3v) is 3.98. The molecule has 0 radical (unpaired) electrons. The van der Waals surface area contributed by atoms with E-state index in [4.69, 9.17) is 0 Å². The molecular weight excluding hydrogens is 264 g/mol. The van der Waals surface area contributed by atoms with E-state index >= 15 is 0 Å². The van der Waals surface area contributed by atoms with Crippen molar-refractivity contribution in [2.24, 2.45) is 5.41 Å². The molecule has 1 heterocycles. The Morgan fingerprint density at radius 3 is 2.29 bits per heavy atom. The monoisotopic (exact) mass is 296 g/mol. The van der Waals surface area contributed by atoms with Crippen LogP contribution in [0.25, 0.3) is 0 Å². The Hall–Kier alpha value is -1.06. The van der Waals surface area contributed by atoms with Crippen molar-refractivity contribution >= 4 is 11.8 Å². The zero-order valence-corrected chi connectivity index (χ0v) is 14.6. The molecule has 1 atom stereocenters. The van der Waals surface area contributed by atoms with Crippen LogP contribution in [0.3, 0.4) is 0 Å². The molecule has 1 aliphatic heterocycles. The zero-order chi connectivity index (χ0) is 16.3. The van der Waals surface area contributed by atoms with Gasteiger partial charge in [0.05, 0.1) is 0 Å². The van der Waals surface area contributed by atoms with Crippen molar-refractivity contribution < 1.29 is 9.59 Å². The van der Waals surface area contributed by atoms with E-state index in [1.54, 1.807) is 4.90 Å². The smallest absolute Gasteiger partial charge is 0.312 e. The fourth-order valence-corrected chi connectivity index (χ4v) is 3.55. The maximum atomic E-state index is 12.4. The van der Waals surface area contributed by atoms with E-state index in [-0.39, 0.29) is 22.9 Å². The van der Waals surface area contributed by atoms with Crippen molar-refractivity contribution in [3.63, 3.8) is 0 Å². The predicted octanol–water partition coefficient (Wildman–Crippen LogP) is 3.11. The van der Waals surface area contributed by atoms with Crippen LogP contribution < -0.4 is 5.32 Å². The van der Waals surface area contributed by atoms with E-state index in [0.717, 1.165) is 32.1 Å². The molecule has 1 fully saturated rings. The Morgan fingerprint density at radius 1 is 1.14 bits per heavy atom. The lowest BCUT2D eigenvalue weighted by molar-refractivity contribution is -0.149. The molecule has 4 nitrogen and oxygen atoms in total. The molecule has 0 bridgehead atoms. The van der Waals surface area contributed by atoms with Crippen LogP contribution in [0.4, 0.5) is 0 Å². The number of amides is 2. The fourth-order valence-electron chi connectivity index (χ4n) is 3.55. The molecule has 0 aromatic carbocycles. The van der Waals surface area contributed by atoms with Crippen molar-refractivity contribution in [2.45, 2.75) is 85.2 Å². The highest BCUT2D eigenvalue weighted by Crippen LogP contribution is 2.27. The van der Waals surface area contributed by atoms with Crippen LogP contribution in [0.5, 0.6) is 0 Å². The number of rotatable bonds is 3. The Balaban J connectivity index is 2.67. The van der Waals surface area contributed by atoms with Crippen LogP contribution in [0.1, 0.15) is 73.6 Å². The minimum absolute atomic E-state index is 0.108. The maximum absolute atomic E-state index is 12.4. The van der Waals surface area contributed by atoms with E-state index in [1.807, 2.05) is 13.8 Å². The largest absolute Gasteiger partial charge is 0.343 e. The highest BCUT2D eigenvalue weighted by molar-refractivity contribution is 6.35. The number of carbonyl (C=O) groups is 2. The Bertz CT molecular complexity index is 383. The molecule has 21 heavy (non-hydrogen) atoms. The molecule has 0 spiro atoms. The number of piperidine rings is 1. The van der Waals surface area contributed by atoms with Gasteiger partial charge in [-0.05, 0) is 51.4 Å². The number of likely N-dealkylation sites (tertiary alicyclic amines) is 1. The molecule has 1 aliphatic rings. The highest BCUT2D eigenvalue weighted by Gasteiger charge is 2.33. The maximum Gasteiger partial charge on any atom is 0.312 e. The molecule has 1 N–H and O–H groups in total. The summed E-state index contributed by atoms with van der Waals surface area (Å²) in [5.74, 6) is -0.812. The van der Waals surface area contributed by atoms with Gasteiger partial charge in [-0.2, -0.15) is 0 Å². The van der Waals surface area contributed by atoms with Gasteiger partial charge in [0.15, 0.2) is 0 Å². The summed E-state index contributed by atoms with van der Waals surface area (Å²) in [4.78, 5) is 26.5. The van der Waals surface area contributed by atoms with Crippen LogP contribution in [0, 0.1) is 5.41 Å². The topological polar surface area (TPSA) is 49.4 Å². The van der Waals surface area contributed by atoms with Gasteiger partial charge in [0.25, 0.3) is 0 Å². The number of nitrogens with one attached hydrogen (secondary N) is 1. The lowest BCUT2D eigenvalue weighted by Crippen LogP contribution is -2.54. The molecule has 1 unspecified atom stereocenters. The van der Waals surface area contributed by atoms with Crippen molar-refractivity contribution in [2.75, 3.05) is 6.54 Å². The second-order valence-electron chi connectivity index (χ2n) is 8.13. The van der Waals surface area contributed by atoms with Gasteiger partial charge in [0, 0.05) is 18.1 Å². The van der Waals surface area contributed by atoms with E-state index in [2.05, 4.69) is 33.0 Å². The summed E-state index contributed by atoms with van der Waals surface area (Å²) < 4.78 is 0. The van der Waals surface area contributed by atoms with Crippen LogP contribution in [0.15, 0.2) is 0 Å². The van der Waals surface area contributed by atoms with Gasteiger partial charge in [0.2, 0.25) is 0 Å². The Morgan fingerprint density at radius 2 is 1.76 bits per heavy atom. The summed E-state index contributed by atoms with van der Waals surface area (Å²) in [6, 6.07) is 0.225. The summed E-state index contributed by atoms with van der Waals surface area (Å²) in [6.45, 7) is 13.2. The third kappa shape index (κ3) is 5.68. The van der Waals surface area contributed by atoms with Gasteiger partial charge in [-0.1, -0.05) is 27.7 Å². The summed E-state index contributed by atoms with van der Waals surface area (Å²) in [6.07, 6.45) is 4.92. The van der Waals surface area contributed by atoms with Crippen molar-refractivity contribution in [3.05, 3.63) is 0 Å². The molecule has 1 saturated heterocycles. The summed E-state index contributed by atoms with van der Waals surface area (Å²) >= 11 is 0. The molecule has 0 saturated carbocycles. The molecular formula is C17H32N2O2. The van der Waals surface area contributed by atoms with Gasteiger partial charge in [-0.25, -0.2) is 0 Å². The number of nitrogens with zero attached hydrogens (tertiary/aromatic N) is 1. The van der Waals surface area contributed by atoms with Crippen LogP contribution >= 0.6 is 0 Å². The first-order chi connectivity index (χ1) is 9.56. The quantitative estimate of drug-likeness (QED) is 0.814. The van der Waals surface area contributed by atoms with E-state index < -0.39 is 5.91 Å². The van der Waals surface area contributed by atoms with E-state index in [1.165, 1.54) is 0 Å². The summed E-state index contributed by atoms with van der Waals surface area (Å²) in [5, 5.41) is 2.92. The minimum atomic E-state index is -0.454. The van der Waals surface area contributed by atoms with Gasteiger partial charge >= 0.3 is 11.8 Å². The lowest BCUT2D eigenvalue weighted by Gasteiger charge is -2.37. The zero-order valence-electron chi connectivity index (χ0n) is 14.6. The third-order valence-electron chi connectivity index (χ3n) is 3.98. The second kappa shape index (κ2) is 6.80. The predicted molar refractivity (Wildman–Crippen MR) is 85.9 cm³/mol. The normalized spacial score (nSPS) is 20.3. The molecule has 2 amide bonds. The van der Waals surface area contributed by atoms with Crippen molar-refractivity contribution in [1.29, 1.82) is 0 Å². The average Bonchev–Trinajstić information content (AvgIpc) is 2.34. The number of hydrogen-bond acceptors (Lipinski definition) is 2. The lowest BCUT2D eigenvalue weighted by atomic mass is 9.82. The minimum Gasteiger partial charge on any atom is -0.343 e. The number of carbonyl (C=O) groups excluding carboxylic acids is 2. The molecule has 0 aromatic rings. The Labute approximate surface area is 129 Å². The fraction of sp³-hybridized carbons (Fsp3) is 0.882. The first-order valence-electron chi connectivity index (χ1n) is 8.19.